The number of rotatable bonds is 5. The van der Waals surface area contributed by atoms with Crippen LogP contribution in [0.25, 0.3) is 5.70 Å². The maximum Gasteiger partial charge on any atom is 0.0390 e. The predicted octanol–water partition coefficient (Wildman–Crippen LogP) is 3.82. The van der Waals surface area contributed by atoms with Crippen molar-refractivity contribution in [3.63, 3.8) is 0 Å². The van der Waals surface area contributed by atoms with Crippen LogP contribution in [0.4, 0.5) is 0 Å². The van der Waals surface area contributed by atoms with Crippen LogP contribution in [0.2, 0.25) is 0 Å². The van der Waals surface area contributed by atoms with Gasteiger partial charge < -0.3 is 5.32 Å². The van der Waals surface area contributed by atoms with Gasteiger partial charge in [-0.15, -0.1) is 0 Å². The molecular weight excluding hydrogens is 194 g/mol. The summed E-state index contributed by atoms with van der Waals surface area (Å²) in [6.45, 7) is 15.8. The molecule has 0 unspecified atom stereocenters. The second-order valence-corrected chi connectivity index (χ2v) is 3.80. The van der Waals surface area contributed by atoms with Crippen molar-refractivity contribution < 1.29 is 0 Å². The molecule has 1 heteroatoms. The molecule has 0 amide bonds. The molecule has 1 aromatic rings. The highest BCUT2D eigenvalue weighted by atomic mass is 14.9. The third-order valence-electron chi connectivity index (χ3n) is 2.60. The number of benzene rings is 1. The summed E-state index contributed by atoms with van der Waals surface area (Å²) in [5, 5.41) is 3.15. The van der Waals surface area contributed by atoms with Crippen LogP contribution in [0.15, 0.2) is 49.7 Å². The molecule has 0 radical (unpaired) electrons. The average molecular weight is 213 g/mol. The van der Waals surface area contributed by atoms with Gasteiger partial charge in [0, 0.05) is 17.0 Å². The molecule has 16 heavy (non-hydrogen) atoms. The number of allylic oxidation sites excluding steroid dienone is 1. The number of aryl methyl sites for hydroxylation is 2. The maximum atomic E-state index is 4.06. The minimum Gasteiger partial charge on any atom is -0.356 e. The monoisotopic (exact) mass is 213 g/mol. The molecule has 1 nitrogen and oxygen atoms in total. The molecule has 0 bridgehead atoms. The Morgan fingerprint density at radius 2 is 2.06 bits per heavy atom. The summed E-state index contributed by atoms with van der Waals surface area (Å²) in [4.78, 5) is 0. The Balaban J connectivity index is 3.07. The molecule has 1 rings (SSSR count). The van der Waals surface area contributed by atoms with Crippen LogP contribution < -0.4 is 5.32 Å². The van der Waals surface area contributed by atoms with Crippen LogP contribution >= 0.6 is 0 Å². The van der Waals surface area contributed by atoms with Gasteiger partial charge in [-0.05, 0) is 30.5 Å². The molecule has 0 aromatic heterocycles. The lowest BCUT2D eigenvalue weighted by Gasteiger charge is -2.15. The van der Waals surface area contributed by atoms with E-state index >= 15 is 0 Å². The highest BCUT2D eigenvalue weighted by Gasteiger charge is 2.07. The first-order valence-electron chi connectivity index (χ1n) is 5.46. The minimum atomic E-state index is 0.773. The summed E-state index contributed by atoms with van der Waals surface area (Å²) >= 11 is 0. The van der Waals surface area contributed by atoms with E-state index in [1.165, 1.54) is 16.7 Å². The Hall–Kier alpha value is -1.76. The normalized spacial score (nSPS) is 9.62. The van der Waals surface area contributed by atoms with E-state index in [9.17, 15) is 0 Å². The number of hydrogen-bond donors (Lipinski definition) is 1. The fourth-order valence-electron chi connectivity index (χ4n) is 1.76. The molecule has 0 fully saturated rings. The van der Waals surface area contributed by atoms with E-state index in [0.29, 0.717) is 0 Å². The summed E-state index contributed by atoms with van der Waals surface area (Å²) in [7, 11) is 0. The van der Waals surface area contributed by atoms with Crippen molar-refractivity contribution >= 4 is 5.70 Å². The van der Waals surface area contributed by atoms with Crippen molar-refractivity contribution in [2.75, 3.05) is 0 Å². The highest BCUT2D eigenvalue weighted by molar-refractivity contribution is 5.69. The first kappa shape index (κ1) is 12.3. The van der Waals surface area contributed by atoms with Crippen molar-refractivity contribution in [3.8, 4) is 0 Å². The molecule has 0 aliphatic rings. The van der Waals surface area contributed by atoms with Gasteiger partial charge in [0.15, 0.2) is 0 Å². The first-order chi connectivity index (χ1) is 7.60. The van der Waals surface area contributed by atoms with Gasteiger partial charge in [0.05, 0.1) is 0 Å². The van der Waals surface area contributed by atoms with Crippen molar-refractivity contribution in [1.82, 2.24) is 5.32 Å². The topological polar surface area (TPSA) is 12.0 Å². The molecule has 0 spiro atoms. The Bertz CT molecular complexity index is 427. The minimum absolute atomic E-state index is 0.773. The number of nitrogens with one attached hydrogen (secondary N) is 1. The van der Waals surface area contributed by atoms with E-state index in [1.807, 2.05) is 0 Å². The summed E-state index contributed by atoms with van der Waals surface area (Å²) in [6.07, 6.45) is 2.69. The SMILES string of the molecule is C=CC(=C)NC(=C)c1c(C)cccc1CC. The van der Waals surface area contributed by atoms with Gasteiger partial charge in [0.1, 0.15) is 0 Å². The molecule has 1 aromatic carbocycles. The average Bonchev–Trinajstić information content (AvgIpc) is 2.28. The molecule has 0 aliphatic carbocycles. The first-order valence-corrected chi connectivity index (χ1v) is 5.46. The van der Waals surface area contributed by atoms with Crippen LogP contribution in [0.5, 0.6) is 0 Å². The predicted molar refractivity (Wildman–Crippen MR) is 72.1 cm³/mol. The van der Waals surface area contributed by atoms with Crippen molar-refractivity contribution in [2.45, 2.75) is 20.3 Å². The fourth-order valence-corrected chi connectivity index (χ4v) is 1.76. The quantitative estimate of drug-likeness (QED) is 0.733. The standard InChI is InChI=1S/C15H19N/c1-6-12(4)16-13(5)15-11(3)9-8-10-14(15)7-2/h6,8-10,16H,1,4-5,7H2,2-3H3. The second-order valence-electron chi connectivity index (χ2n) is 3.80. The van der Waals surface area contributed by atoms with Crippen LogP contribution in [0.3, 0.4) is 0 Å². The van der Waals surface area contributed by atoms with Crippen LogP contribution in [0.1, 0.15) is 23.6 Å². The van der Waals surface area contributed by atoms with Gasteiger partial charge in [-0.1, -0.05) is 44.9 Å². The lowest BCUT2D eigenvalue weighted by Crippen LogP contribution is -2.11. The molecule has 1 N–H and O–H groups in total. The fraction of sp³-hybridized carbons (Fsp3) is 0.200. The second kappa shape index (κ2) is 5.36. The zero-order chi connectivity index (χ0) is 12.1. The molecule has 0 atom stereocenters. The van der Waals surface area contributed by atoms with E-state index < -0.39 is 0 Å². The third kappa shape index (κ3) is 2.63. The van der Waals surface area contributed by atoms with Crippen molar-refractivity contribution in [1.29, 1.82) is 0 Å². The summed E-state index contributed by atoms with van der Waals surface area (Å²) < 4.78 is 0. The van der Waals surface area contributed by atoms with Gasteiger partial charge >= 0.3 is 0 Å². The number of hydrogen-bond acceptors (Lipinski definition) is 1. The molecule has 0 heterocycles. The van der Waals surface area contributed by atoms with Gasteiger partial charge in [0.2, 0.25) is 0 Å². The molecule has 0 saturated carbocycles. The van der Waals surface area contributed by atoms with Crippen LogP contribution in [-0.2, 0) is 6.42 Å². The van der Waals surface area contributed by atoms with Gasteiger partial charge in [-0.3, -0.25) is 0 Å². The van der Waals surface area contributed by atoms with Gasteiger partial charge in [0.25, 0.3) is 0 Å². The van der Waals surface area contributed by atoms with E-state index in [4.69, 9.17) is 0 Å². The maximum absolute atomic E-state index is 4.06. The van der Waals surface area contributed by atoms with Crippen molar-refractivity contribution in [3.05, 3.63) is 66.4 Å². The molecule has 0 saturated heterocycles. The summed E-state index contributed by atoms with van der Waals surface area (Å²) in [6, 6.07) is 6.30. The van der Waals surface area contributed by atoms with Gasteiger partial charge in [-0.2, -0.15) is 0 Å². The lowest BCUT2D eigenvalue weighted by atomic mass is 9.98. The largest absolute Gasteiger partial charge is 0.356 e. The Morgan fingerprint density at radius 1 is 1.38 bits per heavy atom. The smallest absolute Gasteiger partial charge is 0.0390 e. The molecule has 84 valence electrons. The molecular formula is C15H19N. The Labute approximate surface area is 98.2 Å². The van der Waals surface area contributed by atoms with E-state index in [2.05, 4.69) is 57.1 Å². The van der Waals surface area contributed by atoms with Gasteiger partial charge in [-0.25, -0.2) is 0 Å². The molecule has 0 aliphatic heterocycles. The summed E-state index contributed by atoms with van der Waals surface area (Å²) in [5.74, 6) is 0. The van der Waals surface area contributed by atoms with Crippen molar-refractivity contribution in [2.24, 2.45) is 0 Å². The Morgan fingerprint density at radius 3 is 2.62 bits per heavy atom. The zero-order valence-electron chi connectivity index (χ0n) is 10.1. The highest BCUT2D eigenvalue weighted by Crippen LogP contribution is 2.21. The lowest BCUT2D eigenvalue weighted by molar-refractivity contribution is 1.08. The zero-order valence-corrected chi connectivity index (χ0v) is 10.1. The third-order valence-corrected chi connectivity index (χ3v) is 2.60. The van der Waals surface area contributed by atoms with Crippen LogP contribution in [0, 0.1) is 6.92 Å². The van der Waals surface area contributed by atoms with E-state index in [1.54, 1.807) is 6.08 Å². The summed E-state index contributed by atoms with van der Waals surface area (Å²) in [5.41, 5.74) is 5.38. The van der Waals surface area contributed by atoms with Crippen LogP contribution in [-0.4, -0.2) is 0 Å². The Kier molecular flexibility index (Phi) is 4.12. The van der Waals surface area contributed by atoms with E-state index in [0.717, 1.165) is 17.8 Å². The van der Waals surface area contributed by atoms with E-state index in [-0.39, 0.29) is 0 Å².